The van der Waals surface area contributed by atoms with Gasteiger partial charge < -0.3 is 19.7 Å². The molecular weight excluding hydrogens is 336 g/mol. The van der Waals surface area contributed by atoms with Crippen LogP contribution < -0.4 is 10.2 Å². The van der Waals surface area contributed by atoms with Crippen molar-refractivity contribution in [2.24, 2.45) is 0 Å². The van der Waals surface area contributed by atoms with Gasteiger partial charge in [-0.1, -0.05) is 6.07 Å². The summed E-state index contributed by atoms with van der Waals surface area (Å²) in [5.74, 6) is 0. The Morgan fingerprint density at radius 1 is 1.32 bits per heavy atom. The standard InChI is InChI=1S/C18H20N4O2S/c1-10(23)13-4-5-14(17-19-6-7-25-17)16-15(13)21-18(24-16)22-8-11-2-3-12(9-22)20-11/h4-7,10-12,20,23H,2-3,8-9H2,1H3. The van der Waals surface area contributed by atoms with Gasteiger partial charge in [-0.3, -0.25) is 0 Å². The summed E-state index contributed by atoms with van der Waals surface area (Å²) in [5.41, 5.74) is 3.19. The number of hydrogen-bond donors (Lipinski definition) is 2. The summed E-state index contributed by atoms with van der Waals surface area (Å²) in [6.45, 7) is 3.59. The number of piperazine rings is 1. The highest BCUT2D eigenvalue weighted by molar-refractivity contribution is 7.13. The Morgan fingerprint density at radius 3 is 2.80 bits per heavy atom. The molecule has 3 unspecified atom stereocenters. The van der Waals surface area contributed by atoms with Gasteiger partial charge in [0.2, 0.25) is 0 Å². The number of benzene rings is 1. The molecule has 0 amide bonds. The zero-order chi connectivity index (χ0) is 17.0. The summed E-state index contributed by atoms with van der Waals surface area (Å²) < 4.78 is 6.22. The Bertz CT molecular complexity index is 893. The number of oxazole rings is 1. The fourth-order valence-corrected chi connectivity index (χ4v) is 4.63. The molecular formula is C18H20N4O2S. The van der Waals surface area contributed by atoms with Gasteiger partial charge in [-0.05, 0) is 25.8 Å². The Hall–Kier alpha value is -1.96. The van der Waals surface area contributed by atoms with E-state index >= 15 is 0 Å². The number of fused-ring (bicyclic) bond motifs is 3. The van der Waals surface area contributed by atoms with E-state index in [-0.39, 0.29) is 0 Å². The van der Waals surface area contributed by atoms with Crippen molar-refractivity contribution in [2.75, 3.05) is 18.0 Å². The quantitative estimate of drug-likeness (QED) is 0.752. The number of aliphatic hydroxyl groups excluding tert-OH is 1. The fraction of sp³-hybridized carbons (Fsp3) is 0.444. The van der Waals surface area contributed by atoms with Gasteiger partial charge in [0.15, 0.2) is 5.58 Å². The molecule has 2 N–H and O–H groups in total. The largest absolute Gasteiger partial charge is 0.423 e. The maximum Gasteiger partial charge on any atom is 0.298 e. The van der Waals surface area contributed by atoms with Gasteiger partial charge in [0.25, 0.3) is 6.01 Å². The average Bonchev–Trinajstić information content (AvgIpc) is 3.33. The van der Waals surface area contributed by atoms with Crippen LogP contribution >= 0.6 is 11.3 Å². The summed E-state index contributed by atoms with van der Waals surface area (Å²) in [6, 6.07) is 5.59. The minimum absolute atomic E-state index is 0.517. The van der Waals surface area contributed by atoms with Gasteiger partial charge in [0, 0.05) is 42.3 Å². The Kier molecular flexibility index (Phi) is 3.55. The number of rotatable bonds is 3. The van der Waals surface area contributed by atoms with E-state index in [1.807, 2.05) is 17.5 Å². The second-order valence-electron chi connectivity index (χ2n) is 6.93. The first-order chi connectivity index (χ1) is 12.2. The summed E-state index contributed by atoms with van der Waals surface area (Å²) >= 11 is 1.58. The first-order valence-electron chi connectivity index (χ1n) is 8.71. The van der Waals surface area contributed by atoms with Crippen LogP contribution in [0.5, 0.6) is 0 Å². The monoisotopic (exact) mass is 356 g/mol. The second-order valence-corrected chi connectivity index (χ2v) is 7.83. The summed E-state index contributed by atoms with van der Waals surface area (Å²) in [7, 11) is 0. The molecule has 2 aromatic heterocycles. The molecule has 1 aromatic carbocycles. The number of nitrogens with one attached hydrogen (secondary N) is 1. The predicted octanol–water partition coefficient (Wildman–Crippen LogP) is 2.95. The molecule has 2 aliphatic heterocycles. The molecule has 0 saturated carbocycles. The third-order valence-corrected chi connectivity index (χ3v) is 5.97. The molecule has 2 saturated heterocycles. The van der Waals surface area contributed by atoms with Gasteiger partial charge in [-0.15, -0.1) is 11.3 Å². The highest BCUT2D eigenvalue weighted by atomic mass is 32.1. The van der Waals surface area contributed by atoms with Crippen molar-refractivity contribution >= 4 is 28.5 Å². The van der Waals surface area contributed by atoms with Gasteiger partial charge in [0.05, 0.1) is 11.7 Å². The van der Waals surface area contributed by atoms with E-state index in [2.05, 4.69) is 15.2 Å². The van der Waals surface area contributed by atoms with Crippen LogP contribution in [0.3, 0.4) is 0 Å². The van der Waals surface area contributed by atoms with Crippen LogP contribution in [0.2, 0.25) is 0 Å². The lowest BCUT2D eigenvalue weighted by atomic mass is 10.1. The van der Waals surface area contributed by atoms with E-state index in [1.54, 1.807) is 24.5 Å². The lowest BCUT2D eigenvalue weighted by Gasteiger charge is -2.31. The molecule has 2 fully saturated rings. The van der Waals surface area contributed by atoms with Crippen molar-refractivity contribution < 1.29 is 9.52 Å². The van der Waals surface area contributed by atoms with Crippen LogP contribution in [0.1, 0.15) is 31.4 Å². The molecule has 4 heterocycles. The molecule has 25 heavy (non-hydrogen) atoms. The summed E-state index contributed by atoms with van der Waals surface area (Å²) in [4.78, 5) is 11.4. The minimum Gasteiger partial charge on any atom is -0.423 e. The molecule has 3 atom stereocenters. The lowest BCUT2D eigenvalue weighted by molar-refractivity contribution is 0.200. The number of aliphatic hydroxyl groups is 1. The van der Waals surface area contributed by atoms with Gasteiger partial charge in [-0.25, -0.2) is 4.98 Å². The highest BCUT2D eigenvalue weighted by Gasteiger charge is 2.34. The van der Waals surface area contributed by atoms with Crippen molar-refractivity contribution in [2.45, 2.75) is 38.0 Å². The first kappa shape index (κ1) is 15.3. The normalized spacial score (nSPS) is 24.2. The zero-order valence-corrected chi connectivity index (χ0v) is 14.8. The van der Waals surface area contributed by atoms with Crippen LogP contribution in [-0.2, 0) is 0 Å². The van der Waals surface area contributed by atoms with Crippen LogP contribution in [0, 0.1) is 0 Å². The number of hydrogen-bond acceptors (Lipinski definition) is 7. The molecule has 2 bridgehead atoms. The average molecular weight is 356 g/mol. The van der Waals surface area contributed by atoms with Gasteiger partial charge in [-0.2, -0.15) is 4.98 Å². The van der Waals surface area contributed by atoms with Crippen molar-refractivity contribution in [3.63, 3.8) is 0 Å². The molecule has 5 rings (SSSR count). The predicted molar refractivity (Wildman–Crippen MR) is 97.9 cm³/mol. The molecule has 0 spiro atoms. The number of nitrogens with zero attached hydrogens (tertiary/aromatic N) is 3. The van der Waals surface area contributed by atoms with E-state index in [1.165, 1.54) is 12.8 Å². The first-order valence-corrected chi connectivity index (χ1v) is 9.59. The maximum absolute atomic E-state index is 10.1. The van der Waals surface area contributed by atoms with Gasteiger partial charge >= 0.3 is 0 Å². The van der Waals surface area contributed by atoms with E-state index in [4.69, 9.17) is 9.40 Å². The van der Waals surface area contributed by atoms with Crippen molar-refractivity contribution in [3.05, 3.63) is 29.3 Å². The second kappa shape index (κ2) is 5.79. The molecule has 3 aromatic rings. The Labute approximate surface area is 149 Å². The highest BCUT2D eigenvalue weighted by Crippen LogP contribution is 2.37. The topological polar surface area (TPSA) is 74.4 Å². The van der Waals surface area contributed by atoms with Crippen molar-refractivity contribution in [3.8, 4) is 10.6 Å². The minimum atomic E-state index is -0.593. The summed E-state index contributed by atoms with van der Waals surface area (Å²) in [5, 5.41) is 16.6. The van der Waals surface area contributed by atoms with E-state index < -0.39 is 6.10 Å². The summed E-state index contributed by atoms with van der Waals surface area (Å²) in [6.07, 6.45) is 3.62. The van der Waals surface area contributed by atoms with Crippen LogP contribution in [0.25, 0.3) is 21.7 Å². The van der Waals surface area contributed by atoms with Crippen LogP contribution in [-0.4, -0.2) is 40.2 Å². The zero-order valence-electron chi connectivity index (χ0n) is 14.0. The lowest BCUT2D eigenvalue weighted by Crippen LogP contribution is -2.51. The number of aromatic nitrogens is 2. The van der Waals surface area contributed by atoms with E-state index in [0.717, 1.165) is 34.7 Å². The van der Waals surface area contributed by atoms with E-state index in [0.29, 0.717) is 23.7 Å². The smallest absolute Gasteiger partial charge is 0.298 e. The van der Waals surface area contributed by atoms with E-state index in [9.17, 15) is 5.11 Å². The number of anilines is 1. The fourth-order valence-electron chi connectivity index (χ4n) is 3.97. The Balaban J connectivity index is 1.64. The maximum atomic E-state index is 10.1. The van der Waals surface area contributed by atoms with Crippen molar-refractivity contribution in [1.82, 2.24) is 15.3 Å². The van der Waals surface area contributed by atoms with Crippen LogP contribution in [0.4, 0.5) is 6.01 Å². The molecule has 0 aliphatic carbocycles. The van der Waals surface area contributed by atoms with Crippen LogP contribution in [0.15, 0.2) is 28.1 Å². The number of thiazole rings is 1. The molecule has 7 heteroatoms. The van der Waals surface area contributed by atoms with Crippen molar-refractivity contribution in [1.29, 1.82) is 0 Å². The Morgan fingerprint density at radius 2 is 2.12 bits per heavy atom. The third-order valence-electron chi connectivity index (χ3n) is 5.16. The SMILES string of the molecule is CC(O)c1ccc(-c2nccs2)c2oc(N3CC4CCC(C3)N4)nc12. The molecule has 2 aliphatic rings. The van der Waals surface area contributed by atoms with Gasteiger partial charge in [0.1, 0.15) is 10.5 Å². The molecule has 0 radical (unpaired) electrons. The molecule has 130 valence electrons. The molecule has 6 nitrogen and oxygen atoms in total. The third kappa shape index (κ3) is 2.54.